The second-order valence-electron chi connectivity index (χ2n) is 10.8. The Hall–Kier alpha value is -2.86. The van der Waals surface area contributed by atoms with Gasteiger partial charge in [-0.1, -0.05) is 48.4 Å². The maximum absolute atomic E-state index is 14.0. The second-order valence-corrected chi connectivity index (χ2v) is 10.8. The van der Waals surface area contributed by atoms with Crippen molar-refractivity contribution in [2.24, 2.45) is 29.2 Å². The van der Waals surface area contributed by atoms with Gasteiger partial charge in [-0.25, -0.2) is 4.79 Å². The molecule has 0 spiro atoms. The number of nitrogens with one attached hydrogen (secondary N) is 1. The van der Waals surface area contributed by atoms with Gasteiger partial charge in [-0.15, -0.1) is 0 Å². The molecule has 1 fully saturated rings. The number of likely N-dealkylation sites (tertiary alicyclic amines) is 1. The first kappa shape index (κ1) is 31.4. The molecule has 216 valence electrons. The molecule has 1 rings (SSSR count). The fraction of sp³-hybridized carbons (Fsp3) is 0.769. The predicted octanol–water partition coefficient (Wildman–Crippen LogP) is 0.262. The number of hydrogen-bond donors (Lipinski definition) is 4. The minimum absolute atomic E-state index is 0.0609. The zero-order valence-corrected chi connectivity index (χ0v) is 23.3. The van der Waals surface area contributed by atoms with Crippen molar-refractivity contribution in [1.29, 1.82) is 0 Å². The third kappa shape index (κ3) is 7.83. The smallest absolute Gasteiger partial charge is 0.326 e. The van der Waals surface area contributed by atoms with E-state index in [0.717, 1.165) is 0 Å². The third-order valence-electron chi connectivity index (χ3n) is 6.83. The van der Waals surface area contributed by atoms with Crippen molar-refractivity contribution < 1.29 is 35.2 Å². The van der Waals surface area contributed by atoms with E-state index in [1.165, 1.54) is 4.90 Å². The molecule has 1 aliphatic rings. The van der Waals surface area contributed by atoms with Crippen LogP contribution < -0.4 is 16.8 Å². The second kappa shape index (κ2) is 14.3. The summed E-state index contributed by atoms with van der Waals surface area (Å²) in [7, 11) is 0. The molecule has 0 aromatic carbocycles. The van der Waals surface area contributed by atoms with Gasteiger partial charge in [0.05, 0.1) is 6.04 Å². The maximum atomic E-state index is 14.0. The fourth-order valence-corrected chi connectivity index (χ4v) is 4.27. The van der Waals surface area contributed by atoms with E-state index in [-0.39, 0.29) is 38.6 Å². The molecule has 0 aliphatic carbocycles. The molecule has 1 unspecified atom stereocenters. The van der Waals surface area contributed by atoms with Gasteiger partial charge in [0.1, 0.15) is 18.1 Å². The number of carboxylic acid groups (broad SMARTS) is 1. The molecule has 1 saturated heterocycles. The monoisotopic (exact) mass is 540 g/mol. The van der Waals surface area contributed by atoms with Gasteiger partial charge in [-0.05, 0) is 37.0 Å². The quantitative estimate of drug-likeness (QED) is 0.237. The van der Waals surface area contributed by atoms with Crippen molar-refractivity contribution in [3.63, 3.8) is 0 Å². The number of amides is 4. The first-order valence-corrected chi connectivity index (χ1v) is 13.1. The Morgan fingerprint density at radius 1 is 1.03 bits per heavy atom. The van der Waals surface area contributed by atoms with Gasteiger partial charge in [0.15, 0.2) is 0 Å². The number of Topliss-reactive ketones (excluding diaryl/α,β-unsaturated/α-hetero) is 1. The van der Waals surface area contributed by atoms with Crippen molar-refractivity contribution in [2.45, 2.75) is 104 Å². The van der Waals surface area contributed by atoms with E-state index in [0.29, 0.717) is 11.3 Å². The van der Waals surface area contributed by atoms with Crippen molar-refractivity contribution in [3.05, 3.63) is 0 Å². The van der Waals surface area contributed by atoms with E-state index >= 15 is 0 Å². The average molecular weight is 541 g/mol. The summed E-state index contributed by atoms with van der Waals surface area (Å²) in [5.74, 6) is -7.27. The van der Waals surface area contributed by atoms with Crippen LogP contribution in [-0.4, -0.2) is 87.0 Å². The van der Waals surface area contributed by atoms with Gasteiger partial charge in [0.2, 0.25) is 17.6 Å². The Balaban J connectivity index is 3.64. The number of nitrogens with two attached hydrogens (primary N) is 2. The molecule has 0 bridgehead atoms. The maximum Gasteiger partial charge on any atom is 0.326 e. The summed E-state index contributed by atoms with van der Waals surface area (Å²) in [4.78, 5) is 80.6. The van der Waals surface area contributed by atoms with Crippen molar-refractivity contribution in [1.82, 2.24) is 15.1 Å². The van der Waals surface area contributed by atoms with Gasteiger partial charge >= 0.3 is 5.97 Å². The van der Waals surface area contributed by atoms with Crippen LogP contribution in [0.1, 0.15) is 75.5 Å². The molecule has 6 N–H and O–H groups in total. The molecule has 0 aromatic heterocycles. The number of nitrogens with zero attached hydrogens (tertiary/aromatic N) is 2. The number of ketones is 1. The van der Waals surface area contributed by atoms with Gasteiger partial charge in [-0.2, -0.15) is 0 Å². The van der Waals surface area contributed by atoms with Crippen molar-refractivity contribution in [3.8, 4) is 0 Å². The average Bonchev–Trinajstić information content (AvgIpc) is 3.36. The minimum Gasteiger partial charge on any atom is -0.480 e. The number of carbonyl (C=O) groups excluding carboxylic acids is 5. The number of hydrogen-bond acceptors (Lipinski definition) is 8. The van der Waals surface area contributed by atoms with E-state index < -0.39 is 77.4 Å². The molecular weight excluding hydrogens is 494 g/mol. The minimum atomic E-state index is -1.72. The number of carbonyl (C=O) groups is 6. The Kier molecular flexibility index (Phi) is 11.8. The Morgan fingerprint density at radius 2 is 1.63 bits per heavy atom. The van der Waals surface area contributed by atoms with Crippen LogP contribution >= 0.6 is 0 Å². The highest BCUT2D eigenvalue weighted by molar-refractivity contribution is 6.39. The first-order valence-electron chi connectivity index (χ1n) is 13.8. The lowest BCUT2D eigenvalue weighted by molar-refractivity contribution is -0.161. The summed E-state index contributed by atoms with van der Waals surface area (Å²) in [6.07, 6.45) is 0.344. The van der Waals surface area contributed by atoms with Crippen molar-refractivity contribution in [2.75, 3.05) is 6.54 Å². The van der Waals surface area contributed by atoms with Crippen LogP contribution in [0, 0.1) is 17.8 Å². The Bertz CT molecular complexity index is 926. The standard InChI is InChI=1S/C26H45N5O7/c1-8-10-17(32)24(35)31(23(34)16-11-9-12-30(16)25(36)19(28)14(4)5)21(18(27)13(2)3)22(33)29-20(15(6)7)26(37)38/h13-16,18-21H,8-12,27-28H2,1-7H3,(H,29,33)(H,37,38)/t16-,18?,19-,20-,21-/m0/s1/i1D. The van der Waals surface area contributed by atoms with Gasteiger partial charge in [0, 0.05) is 20.4 Å². The number of aliphatic carboxylic acids is 1. The van der Waals surface area contributed by atoms with Crippen LogP contribution in [0.4, 0.5) is 0 Å². The van der Waals surface area contributed by atoms with E-state index in [9.17, 15) is 33.9 Å². The summed E-state index contributed by atoms with van der Waals surface area (Å²) >= 11 is 0. The molecule has 0 aromatic rings. The van der Waals surface area contributed by atoms with E-state index in [2.05, 4.69) is 5.32 Å². The molecule has 5 atom stereocenters. The zero-order valence-electron chi connectivity index (χ0n) is 24.3. The molecule has 12 nitrogen and oxygen atoms in total. The highest BCUT2D eigenvalue weighted by Gasteiger charge is 2.48. The summed E-state index contributed by atoms with van der Waals surface area (Å²) in [6.45, 7) is 10.1. The van der Waals surface area contributed by atoms with Crippen LogP contribution in [0.2, 0.25) is 0 Å². The van der Waals surface area contributed by atoms with E-state index in [1.807, 2.05) is 0 Å². The third-order valence-corrected chi connectivity index (χ3v) is 6.83. The Labute approximate surface area is 226 Å². The summed E-state index contributed by atoms with van der Waals surface area (Å²) in [5, 5.41) is 12.0. The van der Waals surface area contributed by atoms with Gasteiger partial charge in [0.25, 0.3) is 11.8 Å². The lowest BCUT2D eigenvalue weighted by Gasteiger charge is -2.38. The number of rotatable bonds is 13. The van der Waals surface area contributed by atoms with Crippen LogP contribution in [0.25, 0.3) is 0 Å². The lowest BCUT2D eigenvalue weighted by atomic mass is 9.93. The number of carboxylic acids is 1. The van der Waals surface area contributed by atoms with Crippen LogP contribution in [0.3, 0.4) is 0 Å². The molecule has 4 amide bonds. The van der Waals surface area contributed by atoms with Gasteiger partial charge in [-0.3, -0.25) is 28.9 Å². The Morgan fingerprint density at radius 3 is 2.11 bits per heavy atom. The molecular formula is C26H45N5O7. The SMILES string of the molecule is [2H]CCCC(=O)C(=O)N(C(=O)[C@@H]1CCCN1C(=O)[C@@H](N)C(C)C)[C@H](C(=O)N[C@H](C(=O)O)C(C)C)C(N)C(C)C. The van der Waals surface area contributed by atoms with Crippen LogP contribution in [0.15, 0.2) is 0 Å². The highest BCUT2D eigenvalue weighted by Crippen LogP contribution is 2.25. The summed E-state index contributed by atoms with van der Waals surface area (Å²) in [5.41, 5.74) is 12.4. The molecule has 38 heavy (non-hydrogen) atoms. The highest BCUT2D eigenvalue weighted by atomic mass is 16.4. The lowest BCUT2D eigenvalue weighted by Crippen LogP contribution is -2.66. The van der Waals surface area contributed by atoms with E-state index in [1.54, 1.807) is 41.5 Å². The molecule has 12 heteroatoms. The van der Waals surface area contributed by atoms with Crippen molar-refractivity contribution >= 4 is 35.4 Å². The predicted molar refractivity (Wildman–Crippen MR) is 140 cm³/mol. The number of imide groups is 1. The summed E-state index contributed by atoms with van der Waals surface area (Å²) in [6, 6.07) is -6.29. The normalized spacial score (nSPS) is 19.1. The van der Waals surface area contributed by atoms with Gasteiger partial charge < -0.3 is 26.8 Å². The fourth-order valence-electron chi connectivity index (χ4n) is 4.27. The first-order chi connectivity index (χ1) is 18.1. The van der Waals surface area contributed by atoms with Crippen LogP contribution in [-0.2, 0) is 28.8 Å². The molecule has 0 radical (unpaired) electrons. The summed E-state index contributed by atoms with van der Waals surface area (Å²) < 4.78 is 7.31. The largest absolute Gasteiger partial charge is 0.480 e. The topological polar surface area (TPSA) is 193 Å². The zero-order chi connectivity index (χ0) is 30.2. The molecule has 1 heterocycles. The van der Waals surface area contributed by atoms with Crippen LogP contribution in [0.5, 0.6) is 0 Å². The molecule has 0 saturated carbocycles. The van der Waals surface area contributed by atoms with E-state index in [4.69, 9.17) is 12.8 Å². The molecule has 1 aliphatic heterocycles.